The Hall–Kier alpha value is -2.69. The molecule has 2 aromatic carbocycles. The lowest BCUT2D eigenvalue weighted by molar-refractivity contribution is -0.144. The number of nitrogens with zero attached hydrogens (tertiary/aromatic N) is 2. The minimum absolute atomic E-state index is 0.0533. The van der Waals surface area contributed by atoms with Gasteiger partial charge in [0.1, 0.15) is 12.1 Å². The topological polar surface area (TPSA) is 116 Å². The van der Waals surface area contributed by atoms with Crippen molar-refractivity contribution >= 4 is 50.1 Å². The summed E-state index contributed by atoms with van der Waals surface area (Å²) in [6.07, 6.45) is 2.22. The second kappa shape index (κ2) is 10.7. The van der Waals surface area contributed by atoms with Gasteiger partial charge in [0.05, 0.1) is 4.90 Å². The zero-order valence-electron chi connectivity index (χ0n) is 20.4. The van der Waals surface area contributed by atoms with Gasteiger partial charge in [0.25, 0.3) is 0 Å². The first-order chi connectivity index (χ1) is 17.1. The SMILES string of the molecule is CCC(=O)NC1CCCN(C(=O)[C@H](C)N2CC[C@H](NS(=O)(=O)c3ccc4cc(Cl)ccc4c3)C2=O)C1. The van der Waals surface area contributed by atoms with Crippen molar-refractivity contribution in [1.29, 1.82) is 0 Å². The summed E-state index contributed by atoms with van der Waals surface area (Å²) in [5, 5.41) is 5.02. The van der Waals surface area contributed by atoms with Crippen LogP contribution in [0.2, 0.25) is 5.02 Å². The molecule has 0 radical (unpaired) electrons. The van der Waals surface area contributed by atoms with E-state index in [1.807, 2.05) is 0 Å². The maximum absolute atomic E-state index is 13.2. The van der Waals surface area contributed by atoms with Crippen LogP contribution in [-0.2, 0) is 24.4 Å². The molecule has 0 aliphatic carbocycles. The Kier molecular flexibility index (Phi) is 7.87. The first-order valence-corrected chi connectivity index (χ1v) is 14.1. The van der Waals surface area contributed by atoms with Crippen LogP contribution >= 0.6 is 11.6 Å². The highest BCUT2D eigenvalue weighted by Gasteiger charge is 2.40. The average molecular weight is 535 g/mol. The van der Waals surface area contributed by atoms with Gasteiger partial charge in [-0.05, 0) is 61.2 Å². The number of hydrogen-bond donors (Lipinski definition) is 2. The highest BCUT2D eigenvalue weighted by molar-refractivity contribution is 7.89. The summed E-state index contributed by atoms with van der Waals surface area (Å²) in [6.45, 7) is 4.69. The monoisotopic (exact) mass is 534 g/mol. The summed E-state index contributed by atoms with van der Waals surface area (Å²) >= 11 is 6.01. The number of hydrogen-bond acceptors (Lipinski definition) is 5. The molecule has 194 valence electrons. The summed E-state index contributed by atoms with van der Waals surface area (Å²) in [7, 11) is -3.96. The fourth-order valence-electron chi connectivity index (χ4n) is 4.84. The van der Waals surface area contributed by atoms with Crippen LogP contribution in [0.3, 0.4) is 0 Å². The number of halogens is 1. The summed E-state index contributed by atoms with van der Waals surface area (Å²) < 4.78 is 28.6. The number of likely N-dealkylation sites (tertiary alicyclic amines) is 2. The first kappa shape index (κ1) is 26.4. The molecule has 0 aromatic heterocycles. The van der Waals surface area contributed by atoms with Gasteiger partial charge in [0.2, 0.25) is 27.7 Å². The van der Waals surface area contributed by atoms with Crippen molar-refractivity contribution in [1.82, 2.24) is 19.8 Å². The van der Waals surface area contributed by atoms with Crippen molar-refractivity contribution in [3.05, 3.63) is 41.4 Å². The molecule has 11 heteroatoms. The molecule has 0 spiro atoms. The number of sulfonamides is 1. The molecule has 2 aromatic rings. The van der Waals surface area contributed by atoms with E-state index in [0.29, 0.717) is 24.5 Å². The molecule has 4 rings (SSSR count). The van der Waals surface area contributed by atoms with Gasteiger partial charge in [-0.25, -0.2) is 8.42 Å². The smallest absolute Gasteiger partial charge is 0.245 e. The third kappa shape index (κ3) is 5.66. The van der Waals surface area contributed by atoms with E-state index in [1.165, 1.54) is 11.0 Å². The van der Waals surface area contributed by atoms with Gasteiger partial charge in [0, 0.05) is 37.1 Å². The van der Waals surface area contributed by atoms with Crippen LogP contribution < -0.4 is 10.0 Å². The van der Waals surface area contributed by atoms with E-state index in [-0.39, 0.29) is 35.7 Å². The third-order valence-corrected chi connectivity index (χ3v) is 8.57. The van der Waals surface area contributed by atoms with E-state index in [2.05, 4.69) is 10.0 Å². The number of piperidine rings is 1. The number of amides is 3. The van der Waals surface area contributed by atoms with Crippen molar-refractivity contribution < 1.29 is 22.8 Å². The zero-order chi connectivity index (χ0) is 26.0. The molecule has 2 N–H and O–H groups in total. The molecule has 2 aliphatic rings. The number of benzene rings is 2. The van der Waals surface area contributed by atoms with Crippen LogP contribution in [0.5, 0.6) is 0 Å². The Bertz CT molecular complexity index is 1280. The van der Waals surface area contributed by atoms with Gasteiger partial charge in [-0.15, -0.1) is 0 Å². The maximum Gasteiger partial charge on any atom is 0.245 e. The quantitative estimate of drug-likeness (QED) is 0.565. The molecule has 2 heterocycles. The Labute approximate surface area is 216 Å². The number of nitrogens with one attached hydrogen (secondary N) is 2. The molecule has 3 amide bonds. The van der Waals surface area contributed by atoms with Crippen LogP contribution in [0, 0.1) is 0 Å². The fraction of sp³-hybridized carbons (Fsp3) is 0.480. The van der Waals surface area contributed by atoms with Gasteiger partial charge in [-0.2, -0.15) is 4.72 Å². The Morgan fingerprint density at radius 1 is 1.11 bits per heavy atom. The second-order valence-electron chi connectivity index (χ2n) is 9.37. The average Bonchev–Trinajstić information content (AvgIpc) is 3.21. The lowest BCUT2D eigenvalue weighted by Gasteiger charge is -2.36. The van der Waals surface area contributed by atoms with Gasteiger partial charge in [-0.1, -0.05) is 30.7 Å². The minimum atomic E-state index is -3.96. The van der Waals surface area contributed by atoms with Crippen molar-refractivity contribution in [3.8, 4) is 0 Å². The molecule has 1 unspecified atom stereocenters. The highest BCUT2D eigenvalue weighted by atomic mass is 35.5. The predicted octanol–water partition coefficient (Wildman–Crippen LogP) is 2.28. The second-order valence-corrected chi connectivity index (χ2v) is 11.5. The molecule has 2 aliphatic heterocycles. The van der Waals surface area contributed by atoms with Crippen LogP contribution in [0.4, 0.5) is 0 Å². The van der Waals surface area contributed by atoms with E-state index in [0.717, 1.165) is 23.6 Å². The van der Waals surface area contributed by atoms with Gasteiger partial charge in [0.15, 0.2) is 0 Å². The Balaban J connectivity index is 1.40. The predicted molar refractivity (Wildman–Crippen MR) is 137 cm³/mol. The molecule has 0 bridgehead atoms. The lowest BCUT2D eigenvalue weighted by atomic mass is 10.0. The van der Waals surface area contributed by atoms with E-state index >= 15 is 0 Å². The highest BCUT2D eigenvalue weighted by Crippen LogP contribution is 2.24. The van der Waals surface area contributed by atoms with Crippen LogP contribution in [0.25, 0.3) is 10.8 Å². The minimum Gasteiger partial charge on any atom is -0.352 e. The summed E-state index contributed by atoms with van der Waals surface area (Å²) in [5.41, 5.74) is 0. The number of rotatable bonds is 7. The molecule has 3 atom stereocenters. The number of carbonyl (C=O) groups is 3. The molecule has 36 heavy (non-hydrogen) atoms. The van der Waals surface area contributed by atoms with E-state index in [1.54, 1.807) is 49.1 Å². The van der Waals surface area contributed by atoms with Gasteiger partial charge in [-0.3, -0.25) is 14.4 Å². The maximum atomic E-state index is 13.2. The van der Waals surface area contributed by atoms with Gasteiger partial charge >= 0.3 is 0 Å². The largest absolute Gasteiger partial charge is 0.352 e. The Morgan fingerprint density at radius 3 is 2.58 bits per heavy atom. The molecular formula is C25H31ClN4O5S. The molecule has 0 saturated carbocycles. The van der Waals surface area contributed by atoms with E-state index in [4.69, 9.17) is 11.6 Å². The van der Waals surface area contributed by atoms with Crippen LogP contribution in [0.1, 0.15) is 39.5 Å². The van der Waals surface area contributed by atoms with Gasteiger partial charge < -0.3 is 15.1 Å². The third-order valence-electron chi connectivity index (χ3n) is 6.87. The first-order valence-electron chi connectivity index (χ1n) is 12.2. The normalized spacial score (nSPS) is 21.6. The summed E-state index contributed by atoms with van der Waals surface area (Å²) in [4.78, 5) is 41.2. The lowest BCUT2D eigenvalue weighted by Crippen LogP contribution is -2.55. The summed E-state index contributed by atoms with van der Waals surface area (Å²) in [5.74, 6) is -0.669. The van der Waals surface area contributed by atoms with Crippen LogP contribution in [-0.4, -0.2) is 73.7 Å². The molecule has 9 nitrogen and oxygen atoms in total. The van der Waals surface area contributed by atoms with Crippen molar-refractivity contribution in [2.45, 2.75) is 62.6 Å². The zero-order valence-corrected chi connectivity index (χ0v) is 21.9. The van der Waals surface area contributed by atoms with Crippen molar-refractivity contribution in [2.24, 2.45) is 0 Å². The fourth-order valence-corrected chi connectivity index (χ4v) is 6.27. The van der Waals surface area contributed by atoms with E-state index < -0.39 is 28.0 Å². The number of carbonyl (C=O) groups excluding carboxylic acids is 3. The molecule has 2 saturated heterocycles. The van der Waals surface area contributed by atoms with Crippen LogP contribution in [0.15, 0.2) is 41.3 Å². The van der Waals surface area contributed by atoms with Crippen molar-refractivity contribution in [3.63, 3.8) is 0 Å². The number of fused-ring (bicyclic) bond motifs is 1. The molecular weight excluding hydrogens is 504 g/mol. The van der Waals surface area contributed by atoms with Crippen molar-refractivity contribution in [2.75, 3.05) is 19.6 Å². The molecule has 2 fully saturated rings. The Morgan fingerprint density at radius 2 is 1.83 bits per heavy atom. The van der Waals surface area contributed by atoms with E-state index in [9.17, 15) is 22.8 Å². The summed E-state index contributed by atoms with van der Waals surface area (Å²) in [6, 6.07) is 8.11. The standard InChI is InChI=1S/C25H31ClN4O5S/c1-3-23(31)27-20-5-4-11-29(15-20)24(32)16(2)30-12-10-22(25(30)33)28-36(34,35)21-9-7-17-13-19(26)8-6-18(17)14-21/h6-9,13-14,16,20,22,28H,3-5,10-12,15H2,1-2H3,(H,27,31)/t16-,20?,22-/m0/s1.